The number of carbonyl (C=O) groups is 1. The van der Waals surface area contributed by atoms with Gasteiger partial charge in [-0.1, -0.05) is 23.5 Å². The largest absolute Gasteiger partial charge is 0.319 e. The minimum absolute atomic E-state index is 0.182. The number of fused-ring (bicyclic) bond motifs is 1. The summed E-state index contributed by atoms with van der Waals surface area (Å²) >= 11 is 1.45. The lowest BCUT2D eigenvalue weighted by atomic mass is 10.2. The zero-order valence-corrected chi connectivity index (χ0v) is 15.1. The average Bonchev–Trinajstić information content (AvgIpc) is 2.84. The zero-order chi connectivity index (χ0) is 17.5. The Balaban J connectivity index is 2.04. The number of carbonyl (C=O) groups excluding carboxylic acids is 1. The molecule has 0 radical (unpaired) electrons. The van der Waals surface area contributed by atoms with Gasteiger partial charge in [-0.25, -0.2) is 8.42 Å². The molecule has 1 aromatic heterocycles. The first-order valence-corrected chi connectivity index (χ1v) is 9.92. The van der Waals surface area contributed by atoms with Crippen molar-refractivity contribution < 1.29 is 13.2 Å². The van der Waals surface area contributed by atoms with Crippen LogP contribution < -0.4 is 4.80 Å². The summed E-state index contributed by atoms with van der Waals surface area (Å²) in [5, 5.41) is 0. The van der Waals surface area contributed by atoms with E-state index >= 15 is 0 Å². The van der Waals surface area contributed by atoms with Crippen molar-refractivity contribution in [1.82, 2.24) is 4.57 Å². The molecule has 1 heterocycles. The second-order valence-corrected chi connectivity index (χ2v) is 8.60. The summed E-state index contributed by atoms with van der Waals surface area (Å²) < 4.78 is 25.9. The van der Waals surface area contributed by atoms with E-state index in [2.05, 4.69) is 4.99 Å². The number of aromatic nitrogens is 1. The molecule has 24 heavy (non-hydrogen) atoms. The third-order valence-electron chi connectivity index (χ3n) is 3.75. The second kappa shape index (κ2) is 5.99. The number of para-hydroxylation sites is 1. The van der Waals surface area contributed by atoms with E-state index in [0.717, 1.165) is 22.0 Å². The minimum Gasteiger partial charge on any atom is -0.319 e. The molecule has 0 fully saturated rings. The highest BCUT2D eigenvalue weighted by molar-refractivity contribution is 7.90. The predicted octanol–water partition coefficient (Wildman–Crippen LogP) is 2.69. The Morgan fingerprint density at radius 2 is 1.79 bits per heavy atom. The number of nitrogens with zero attached hydrogens (tertiary/aromatic N) is 2. The Labute approximate surface area is 143 Å². The number of rotatable bonds is 2. The van der Waals surface area contributed by atoms with E-state index in [1.165, 1.54) is 35.6 Å². The number of aryl methyl sites for hydroxylation is 2. The van der Waals surface area contributed by atoms with Crippen LogP contribution in [0.15, 0.2) is 52.4 Å². The molecule has 0 atom stereocenters. The number of hydrogen-bond donors (Lipinski definition) is 0. The fourth-order valence-electron chi connectivity index (χ4n) is 2.50. The summed E-state index contributed by atoms with van der Waals surface area (Å²) in [6.45, 7) is 2.02. The van der Waals surface area contributed by atoms with Crippen molar-refractivity contribution in [3.63, 3.8) is 0 Å². The van der Waals surface area contributed by atoms with Gasteiger partial charge in [-0.05, 0) is 42.8 Å². The Kier molecular flexibility index (Phi) is 4.15. The van der Waals surface area contributed by atoms with Crippen molar-refractivity contribution in [2.75, 3.05) is 6.26 Å². The standard InChI is InChI=1S/C17H16N2O3S2/c1-11-5-4-6-14-15(11)19(2)17(23-14)18-16(20)12-7-9-13(10-8-12)24(3,21)22/h4-10H,1-3H3. The van der Waals surface area contributed by atoms with Gasteiger partial charge in [0.1, 0.15) is 0 Å². The van der Waals surface area contributed by atoms with Crippen LogP contribution >= 0.6 is 11.3 Å². The van der Waals surface area contributed by atoms with Crippen molar-refractivity contribution in [3.05, 3.63) is 58.4 Å². The van der Waals surface area contributed by atoms with Crippen molar-refractivity contribution >= 4 is 37.3 Å². The summed E-state index contributed by atoms with van der Waals surface area (Å²) in [6, 6.07) is 11.8. The molecule has 1 amide bonds. The SMILES string of the molecule is Cc1cccc2sc(=NC(=O)c3ccc(S(C)(=O)=O)cc3)n(C)c12. The van der Waals surface area contributed by atoms with Crippen LogP contribution in [0.3, 0.4) is 0 Å². The van der Waals surface area contributed by atoms with Crippen LogP contribution in [0.4, 0.5) is 0 Å². The van der Waals surface area contributed by atoms with Gasteiger partial charge in [-0.2, -0.15) is 4.99 Å². The molecule has 0 aliphatic heterocycles. The van der Waals surface area contributed by atoms with E-state index in [-0.39, 0.29) is 4.90 Å². The Hall–Kier alpha value is -2.25. The lowest BCUT2D eigenvalue weighted by Gasteiger charge is -2.00. The molecule has 0 N–H and O–H groups in total. The first kappa shape index (κ1) is 16.6. The second-order valence-electron chi connectivity index (χ2n) is 5.58. The number of amides is 1. The van der Waals surface area contributed by atoms with Crippen LogP contribution in [0.2, 0.25) is 0 Å². The molecular formula is C17H16N2O3S2. The fraction of sp³-hybridized carbons (Fsp3) is 0.176. The van der Waals surface area contributed by atoms with Gasteiger partial charge >= 0.3 is 0 Å². The number of thiazole rings is 1. The Morgan fingerprint density at radius 1 is 1.12 bits per heavy atom. The molecule has 0 saturated heterocycles. The normalized spacial score (nSPS) is 12.7. The number of sulfone groups is 1. The van der Waals surface area contributed by atoms with Gasteiger partial charge in [0.25, 0.3) is 5.91 Å². The van der Waals surface area contributed by atoms with Crippen LogP contribution in [-0.4, -0.2) is 25.1 Å². The van der Waals surface area contributed by atoms with E-state index in [9.17, 15) is 13.2 Å². The molecule has 3 rings (SSSR count). The van der Waals surface area contributed by atoms with Crippen LogP contribution in [0.25, 0.3) is 10.2 Å². The summed E-state index contributed by atoms with van der Waals surface area (Å²) in [4.78, 5) is 17.3. The van der Waals surface area contributed by atoms with E-state index in [4.69, 9.17) is 0 Å². The van der Waals surface area contributed by atoms with Crippen LogP contribution in [0.5, 0.6) is 0 Å². The zero-order valence-electron chi connectivity index (χ0n) is 13.5. The van der Waals surface area contributed by atoms with E-state index < -0.39 is 15.7 Å². The molecule has 0 aliphatic carbocycles. The molecular weight excluding hydrogens is 344 g/mol. The Morgan fingerprint density at radius 3 is 2.38 bits per heavy atom. The molecule has 7 heteroatoms. The average molecular weight is 360 g/mol. The van der Waals surface area contributed by atoms with Gasteiger partial charge < -0.3 is 4.57 Å². The van der Waals surface area contributed by atoms with Gasteiger partial charge in [0.15, 0.2) is 14.6 Å². The molecule has 0 unspecified atom stereocenters. The molecule has 2 aromatic carbocycles. The fourth-order valence-corrected chi connectivity index (χ4v) is 4.23. The Bertz CT molecular complexity index is 1100. The quantitative estimate of drug-likeness (QED) is 0.706. The van der Waals surface area contributed by atoms with Gasteiger partial charge in [-0.15, -0.1) is 0 Å². The van der Waals surface area contributed by atoms with Crippen molar-refractivity contribution in [2.24, 2.45) is 12.0 Å². The van der Waals surface area contributed by atoms with Crippen molar-refractivity contribution in [1.29, 1.82) is 0 Å². The van der Waals surface area contributed by atoms with Crippen LogP contribution in [0, 0.1) is 6.92 Å². The summed E-state index contributed by atoms with van der Waals surface area (Å²) in [5.41, 5.74) is 2.54. The van der Waals surface area contributed by atoms with Crippen LogP contribution in [-0.2, 0) is 16.9 Å². The third kappa shape index (κ3) is 3.05. The van der Waals surface area contributed by atoms with Crippen LogP contribution in [0.1, 0.15) is 15.9 Å². The first-order chi connectivity index (χ1) is 11.3. The molecule has 124 valence electrons. The highest BCUT2D eigenvalue weighted by Crippen LogP contribution is 2.20. The van der Waals surface area contributed by atoms with E-state index in [1.54, 1.807) is 0 Å². The maximum Gasteiger partial charge on any atom is 0.279 e. The summed E-state index contributed by atoms with van der Waals surface area (Å²) in [5.74, 6) is -0.394. The third-order valence-corrected chi connectivity index (χ3v) is 5.98. The summed E-state index contributed by atoms with van der Waals surface area (Å²) in [7, 11) is -1.40. The van der Waals surface area contributed by atoms with Crippen molar-refractivity contribution in [2.45, 2.75) is 11.8 Å². The molecule has 0 saturated carbocycles. The van der Waals surface area contributed by atoms with Gasteiger partial charge in [0, 0.05) is 18.9 Å². The molecule has 0 bridgehead atoms. The van der Waals surface area contributed by atoms with Gasteiger partial charge in [0.2, 0.25) is 0 Å². The maximum absolute atomic E-state index is 12.4. The monoisotopic (exact) mass is 360 g/mol. The van der Waals surface area contributed by atoms with Gasteiger partial charge in [0.05, 0.1) is 15.1 Å². The number of benzene rings is 2. The lowest BCUT2D eigenvalue weighted by Crippen LogP contribution is -2.13. The first-order valence-electron chi connectivity index (χ1n) is 7.22. The molecule has 5 nitrogen and oxygen atoms in total. The predicted molar refractivity (Wildman–Crippen MR) is 95.0 cm³/mol. The molecule has 3 aromatic rings. The smallest absolute Gasteiger partial charge is 0.279 e. The highest BCUT2D eigenvalue weighted by Gasteiger charge is 2.11. The minimum atomic E-state index is -3.28. The molecule has 0 aliphatic rings. The lowest BCUT2D eigenvalue weighted by molar-refractivity contribution is 0.0998. The van der Waals surface area contributed by atoms with E-state index in [0.29, 0.717) is 10.4 Å². The highest BCUT2D eigenvalue weighted by atomic mass is 32.2. The van der Waals surface area contributed by atoms with E-state index in [1.807, 2.05) is 36.7 Å². The number of hydrogen-bond acceptors (Lipinski definition) is 4. The molecule has 0 spiro atoms. The van der Waals surface area contributed by atoms with Gasteiger partial charge in [-0.3, -0.25) is 4.79 Å². The topological polar surface area (TPSA) is 68.5 Å². The summed E-state index contributed by atoms with van der Waals surface area (Å²) in [6.07, 6.45) is 1.13. The van der Waals surface area contributed by atoms with Crippen molar-refractivity contribution in [3.8, 4) is 0 Å². The maximum atomic E-state index is 12.4.